The standard InChI is InChI=1S/C25H24N6O5/c1-28-23-22(24(33)29(2)25(28)34)30(14-26-23)13-19(32)31-21(18-9-5-11-36-18)17-8-3-6-15(20(17)27-31)12-16-7-4-10-35-16/h4-5,7,9-12,14,17,21H,3,6,8,13H2,1-2H3. The molecule has 1 fully saturated rings. The van der Waals surface area contributed by atoms with Gasteiger partial charge in [-0.1, -0.05) is 0 Å². The number of rotatable bonds is 4. The van der Waals surface area contributed by atoms with Crippen molar-refractivity contribution in [3.63, 3.8) is 0 Å². The Hall–Kier alpha value is -4.41. The van der Waals surface area contributed by atoms with Gasteiger partial charge in [0, 0.05) is 20.0 Å². The third-order valence-corrected chi connectivity index (χ3v) is 6.97. The Morgan fingerprint density at radius 1 is 1.14 bits per heavy atom. The van der Waals surface area contributed by atoms with E-state index in [4.69, 9.17) is 13.9 Å². The first-order valence-corrected chi connectivity index (χ1v) is 11.7. The number of hydrazone groups is 1. The van der Waals surface area contributed by atoms with E-state index in [1.165, 1.54) is 27.5 Å². The number of imidazole rings is 1. The molecule has 1 aliphatic carbocycles. The summed E-state index contributed by atoms with van der Waals surface area (Å²) < 4.78 is 15.0. The van der Waals surface area contributed by atoms with Crippen LogP contribution < -0.4 is 11.2 Å². The van der Waals surface area contributed by atoms with Crippen molar-refractivity contribution in [3.8, 4) is 0 Å². The molecule has 184 valence electrons. The minimum atomic E-state index is -0.508. The van der Waals surface area contributed by atoms with Gasteiger partial charge in [0.15, 0.2) is 11.2 Å². The first-order chi connectivity index (χ1) is 17.4. The molecule has 1 amide bonds. The van der Waals surface area contributed by atoms with E-state index in [0.717, 1.165) is 40.9 Å². The second-order valence-corrected chi connectivity index (χ2v) is 9.12. The fourth-order valence-corrected chi connectivity index (χ4v) is 5.23. The largest absolute Gasteiger partial charge is 0.467 e. The summed E-state index contributed by atoms with van der Waals surface area (Å²) in [6, 6.07) is 6.97. The number of carbonyl (C=O) groups excluding carboxylic acids is 1. The zero-order valence-corrected chi connectivity index (χ0v) is 19.8. The van der Waals surface area contributed by atoms with Gasteiger partial charge in [0.05, 0.1) is 24.6 Å². The summed E-state index contributed by atoms with van der Waals surface area (Å²) in [7, 11) is 2.94. The fraction of sp³-hybridized carbons (Fsp3) is 0.320. The number of furan rings is 2. The Morgan fingerprint density at radius 3 is 2.69 bits per heavy atom. The molecule has 11 heteroatoms. The summed E-state index contributed by atoms with van der Waals surface area (Å²) in [5, 5.41) is 6.27. The van der Waals surface area contributed by atoms with E-state index >= 15 is 0 Å². The van der Waals surface area contributed by atoms with Crippen LogP contribution in [0.15, 0.2) is 72.2 Å². The zero-order valence-electron chi connectivity index (χ0n) is 19.8. The van der Waals surface area contributed by atoms with Crippen molar-refractivity contribution < 1.29 is 13.6 Å². The lowest BCUT2D eigenvalue weighted by Gasteiger charge is -2.27. The number of carbonyl (C=O) groups is 1. The number of hydrogen-bond acceptors (Lipinski definition) is 7. The molecule has 1 aliphatic heterocycles. The van der Waals surface area contributed by atoms with Crippen molar-refractivity contribution in [2.75, 3.05) is 0 Å². The maximum absolute atomic E-state index is 13.7. The van der Waals surface area contributed by atoms with E-state index in [0.29, 0.717) is 5.76 Å². The highest BCUT2D eigenvalue weighted by atomic mass is 16.3. The molecular formula is C25H24N6O5. The molecule has 0 saturated heterocycles. The van der Waals surface area contributed by atoms with E-state index in [2.05, 4.69) is 4.98 Å². The van der Waals surface area contributed by atoms with Crippen LogP contribution >= 0.6 is 0 Å². The lowest BCUT2D eigenvalue weighted by atomic mass is 9.79. The Bertz CT molecular complexity index is 1630. The predicted octanol–water partition coefficient (Wildman–Crippen LogP) is 2.44. The number of amides is 1. The van der Waals surface area contributed by atoms with Gasteiger partial charge in [0.1, 0.15) is 24.1 Å². The third-order valence-electron chi connectivity index (χ3n) is 6.97. The highest BCUT2D eigenvalue weighted by Gasteiger charge is 2.45. The molecule has 2 atom stereocenters. The normalized spacial score (nSPS) is 20.8. The van der Waals surface area contributed by atoms with Gasteiger partial charge in [0.2, 0.25) is 0 Å². The Balaban J connectivity index is 1.40. The van der Waals surface area contributed by atoms with Crippen molar-refractivity contribution in [1.82, 2.24) is 23.7 Å². The first-order valence-electron chi connectivity index (χ1n) is 11.7. The van der Waals surface area contributed by atoms with Crippen LogP contribution in [0.25, 0.3) is 17.2 Å². The Kier molecular flexibility index (Phi) is 5.13. The second-order valence-electron chi connectivity index (χ2n) is 9.12. The van der Waals surface area contributed by atoms with Gasteiger partial charge in [-0.2, -0.15) is 5.10 Å². The van der Waals surface area contributed by atoms with E-state index in [-0.39, 0.29) is 29.5 Å². The molecule has 1 saturated carbocycles. The summed E-state index contributed by atoms with van der Waals surface area (Å²) in [5.41, 5.74) is 1.30. The van der Waals surface area contributed by atoms with Gasteiger partial charge >= 0.3 is 5.69 Å². The van der Waals surface area contributed by atoms with Gasteiger partial charge in [-0.15, -0.1) is 0 Å². The molecule has 4 aromatic rings. The molecule has 0 N–H and O–H groups in total. The summed E-state index contributed by atoms with van der Waals surface area (Å²) in [4.78, 5) is 43.0. The number of aryl methyl sites for hydroxylation is 1. The average Bonchev–Trinajstić information content (AvgIpc) is 3.67. The van der Waals surface area contributed by atoms with Gasteiger partial charge in [0.25, 0.3) is 11.5 Å². The molecule has 6 rings (SSSR count). The maximum Gasteiger partial charge on any atom is 0.332 e. The van der Waals surface area contributed by atoms with E-state index < -0.39 is 17.3 Å². The molecule has 0 spiro atoms. The summed E-state index contributed by atoms with van der Waals surface area (Å²) in [5.74, 6) is 1.05. The lowest BCUT2D eigenvalue weighted by molar-refractivity contribution is -0.134. The van der Waals surface area contributed by atoms with E-state index in [1.807, 2.05) is 24.3 Å². The molecule has 0 aromatic carbocycles. The van der Waals surface area contributed by atoms with E-state index in [1.54, 1.807) is 25.6 Å². The monoisotopic (exact) mass is 488 g/mol. The highest BCUT2D eigenvalue weighted by molar-refractivity contribution is 6.07. The van der Waals surface area contributed by atoms with Gasteiger partial charge < -0.3 is 13.4 Å². The molecule has 5 heterocycles. The van der Waals surface area contributed by atoms with Gasteiger partial charge in [-0.25, -0.2) is 14.8 Å². The summed E-state index contributed by atoms with van der Waals surface area (Å²) in [6.07, 6.45) is 9.24. The van der Waals surface area contributed by atoms with Crippen LogP contribution in [-0.2, 0) is 25.4 Å². The fourth-order valence-electron chi connectivity index (χ4n) is 5.23. The van der Waals surface area contributed by atoms with Crippen LogP contribution in [0.3, 0.4) is 0 Å². The van der Waals surface area contributed by atoms with Crippen molar-refractivity contribution in [3.05, 3.63) is 81.1 Å². The number of hydrogen-bond donors (Lipinski definition) is 0. The van der Waals surface area contributed by atoms with Crippen molar-refractivity contribution in [2.24, 2.45) is 25.1 Å². The van der Waals surface area contributed by atoms with Crippen molar-refractivity contribution >= 4 is 28.9 Å². The zero-order chi connectivity index (χ0) is 25.0. The first kappa shape index (κ1) is 22.1. The summed E-state index contributed by atoms with van der Waals surface area (Å²) in [6.45, 7) is -0.165. The average molecular weight is 489 g/mol. The SMILES string of the molecule is Cn1c(=O)c2c(ncn2CC(=O)N2N=C3C(=Cc4ccco4)CCCC3C2c2ccco2)n(C)c1=O. The van der Waals surface area contributed by atoms with Crippen LogP contribution in [0.4, 0.5) is 0 Å². The van der Waals surface area contributed by atoms with Crippen LogP contribution in [0, 0.1) is 5.92 Å². The summed E-state index contributed by atoms with van der Waals surface area (Å²) >= 11 is 0. The number of aromatic nitrogens is 4. The topological polar surface area (TPSA) is 121 Å². The quantitative estimate of drug-likeness (QED) is 0.435. The predicted molar refractivity (Wildman–Crippen MR) is 130 cm³/mol. The van der Waals surface area contributed by atoms with Crippen LogP contribution in [-0.4, -0.2) is 35.3 Å². The number of fused-ring (bicyclic) bond motifs is 2. The minimum Gasteiger partial charge on any atom is -0.467 e. The number of nitrogens with zero attached hydrogens (tertiary/aromatic N) is 6. The van der Waals surface area contributed by atoms with Crippen LogP contribution in [0.1, 0.15) is 36.8 Å². The van der Waals surface area contributed by atoms with Crippen LogP contribution in [0.5, 0.6) is 0 Å². The molecule has 0 bridgehead atoms. The Morgan fingerprint density at radius 2 is 1.94 bits per heavy atom. The minimum absolute atomic E-state index is 0.0247. The highest BCUT2D eigenvalue weighted by Crippen LogP contribution is 2.44. The molecule has 4 aromatic heterocycles. The molecule has 0 radical (unpaired) electrons. The smallest absolute Gasteiger partial charge is 0.332 e. The number of allylic oxidation sites excluding steroid dienone is 1. The van der Waals surface area contributed by atoms with Crippen molar-refractivity contribution in [1.29, 1.82) is 0 Å². The van der Waals surface area contributed by atoms with Crippen LogP contribution in [0.2, 0.25) is 0 Å². The molecule has 11 nitrogen and oxygen atoms in total. The maximum atomic E-state index is 13.7. The third kappa shape index (κ3) is 3.38. The second kappa shape index (κ2) is 8.36. The van der Waals surface area contributed by atoms with Gasteiger partial charge in [-0.05, 0) is 55.2 Å². The molecule has 2 unspecified atom stereocenters. The molecule has 36 heavy (non-hydrogen) atoms. The molecular weight excluding hydrogens is 464 g/mol. The van der Waals surface area contributed by atoms with E-state index in [9.17, 15) is 14.4 Å². The van der Waals surface area contributed by atoms with Gasteiger partial charge in [-0.3, -0.25) is 18.7 Å². The molecule has 2 aliphatic rings. The Labute approximate surface area is 204 Å². The van der Waals surface area contributed by atoms with Crippen molar-refractivity contribution in [2.45, 2.75) is 31.8 Å². The lowest BCUT2D eigenvalue weighted by Crippen LogP contribution is -2.38.